The molecule has 0 bridgehead atoms. The summed E-state index contributed by atoms with van der Waals surface area (Å²) in [6.45, 7) is 2.45. The van der Waals surface area contributed by atoms with Crippen LogP contribution >= 0.6 is 23.1 Å². The minimum atomic E-state index is -0.460. The highest BCUT2D eigenvalue weighted by Gasteiger charge is 2.15. The summed E-state index contributed by atoms with van der Waals surface area (Å²) in [5.41, 5.74) is 6.68. The Hall–Kier alpha value is -3.63. The zero-order valence-electron chi connectivity index (χ0n) is 18.4. The van der Waals surface area contributed by atoms with Gasteiger partial charge in [0.15, 0.2) is 17.6 Å². The Kier molecular flexibility index (Phi) is 7.95. The van der Waals surface area contributed by atoms with Gasteiger partial charge in [0.05, 0.1) is 10.6 Å². The van der Waals surface area contributed by atoms with Crippen LogP contribution in [-0.4, -0.2) is 38.9 Å². The van der Waals surface area contributed by atoms with E-state index < -0.39 is 5.91 Å². The number of ether oxygens (including phenoxy) is 1. The van der Waals surface area contributed by atoms with Crippen LogP contribution in [0.3, 0.4) is 0 Å². The van der Waals surface area contributed by atoms with Crippen molar-refractivity contribution in [2.75, 3.05) is 12.4 Å². The predicted molar refractivity (Wildman–Crippen MR) is 133 cm³/mol. The first-order valence-corrected chi connectivity index (χ1v) is 12.5. The van der Waals surface area contributed by atoms with E-state index in [1.54, 1.807) is 17.4 Å². The highest BCUT2D eigenvalue weighted by atomic mass is 32.2. The van der Waals surface area contributed by atoms with E-state index in [1.807, 2.05) is 77.5 Å². The van der Waals surface area contributed by atoms with Gasteiger partial charge in [-0.2, -0.15) is 0 Å². The number of aromatic nitrogens is 3. The van der Waals surface area contributed by atoms with E-state index >= 15 is 0 Å². The lowest BCUT2D eigenvalue weighted by Crippen LogP contribution is -2.44. The van der Waals surface area contributed by atoms with Gasteiger partial charge in [0.2, 0.25) is 5.91 Å². The Labute approximate surface area is 205 Å². The average molecular weight is 494 g/mol. The van der Waals surface area contributed by atoms with Crippen molar-refractivity contribution < 1.29 is 14.3 Å². The van der Waals surface area contributed by atoms with Crippen LogP contribution in [0.1, 0.15) is 6.92 Å². The van der Waals surface area contributed by atoms with Crippen LogP contribution in [0, 0.1) is 0 Å². The van der Waals surface area contributed by atoms with Crippen LogP contribution in [0.4, 0.5) is 0 Å². The third kappa shape index (κ3) is 5.83. The van der Waals surface area contributed by atoms with Crippen molar-refractivity contribution >= 4 is 34.9 Å². The summed E-state index contributed by atoms with van der Waals surface area (Å²) in [6.07, 6.45) is 0. The summed E-state index contributed by atoms with van der Waals surface area (Å²) >= 11 is 2.84. The lowest BCUT2D eigenvalue weighted by molar-refractivity contribution is -0.128. The van der Waals surface area contributed by atoms with Crippen molar-refractivity contribution in [2.24, 2.45) is 0 Å². The van der Waals surface area contributed by atoms with E-state index in [4.69, 9.17) is 4.74 Å². The normalized spacial score (nSPS) is 10.6. The molecule has 0 saturated heterocycles. The molecule has 4 rings (SSSR count). The van der Waals surface area contributed by atoms with Gasteiger partial charge in [-0.15, -0.1) is 21.5 Å². The smallest absolute Gasteiger partial charge is 0.276 e. The molecule has 0 saturated carbocycles. The number of nitrogens with zero attached hydrogens (tertiary/aromatic N) is 3. The molecule has 0 unspecified atom stereocenters. The average Bonchev–Trinajstić information content (AvgIpc) is 3.55. The minimum Gasteiger partial charge on any atom is -0.483 e. The number of benzene rings is 2. The number of nitrogens with one attached hydrogen (secondary N) is 2. The highest BCUT2D eigenvalue weighted by molar-refractivity contribution is 7.99. The second-order valence-corrected chi connectivity index (χ2v) is 8.95. The standard InChI is InChI=1S/C24H23N5O3S2/c1-2-29-23(20-13-8-14-33-20)27-28-24(29)34-16-22(31)26-25-21(30)15-32-19-12-7-6-11-18(19)17-9-4-3-5-10-17/h3-14H,2,15-16H2,1H3,(H,25,30)(H,26,31). The number of para-hydroxylation sites is 1. The molecule has 2 aromatic heterocycles. The molecule has 0 aliphatic carbocycles. The molecule has 34 heavy (non-hydrogen) atoms. The van der Waals surface area contributed by atoms with E-state index in [-0.39, 0.29) is 18.3 Å². The number of hydrogen-bond acceptors (Lipinski definition) is 7. The summed E-state index contributed by atoms with van der Waals surface area (Å²) in [7, 11) is 0. The zero-order valence-corrected chi connectivity index (χ0v) is 20.1. The van der Waals surface area contributed by atoms with E-state index in [2.05, 4.69) is 21.0 Å². The first-order chi connectivity index (χ1) is 16.7. The van der Waals surface area contributed by atoms with Crippen LogP contribution in [0.2, 0.25) is 0 Å². The molecule has 0 atom stereocenters. The Morgan fingerprint density at radius 1 is 0.971 bits per heavy atom. The second kappa shape index (κ2) is 11.5. The summed E-state index contributed by atoms with van der Waals surface area (Å²) < 4.78 is 7.65. The maximum Gasteiger partial charge on any atom is 0.276 e. The number of hydrogen-bond donors (Lipinski definition) is 2. The maximum absolute atomic E-state index is 12.2. The van der Waals surface area contributed by atoms with Crippen LogP contribution in [0.5, 0.6) is 5.75 Å². The van der Waals surface area contributed by atoms with Gasteiger partial charge in [0.1, 0.15) is 5.75 Å². The molecule has 8 nitrogen and oxygen atoms in total. The van der Waals surface area contributed by atoms with Gasteiger partial charge in [0.25, 0.3) is 5.91 Å². The molecule has 0 aliphatic heterocycles. The van der Waals surface area contributed by atoms with E-state index in [0.29, 0.717) is 17.5 Å². The molecule has 0 radical (unpaired) electrons. The fourth-order valence-corrected chi connectivity index (χ4v) is 4.72. The minimum absolute atomic E-state index is 0.0839. The largest absolute Gasteiger partial charge is 0.483 e. The van der Waals surface area contributed by atoms with Crippen molar-refractivity contribution in [2.45, 2.75) is 18.6 Å². The molecule has 0 aliphatic rings. The third-order valence-electron chi connectivity index (χ3n) is 4.78. The molecule has 4 aromatic rings. The maximum atomic E-state index is 12.2. The molecule has 2 amide bonds. The zero-order chi connectivity index (χ0) is 23.8. The molecular formula is C24H23N5O3S2. The summed E-state index contributed by atoms with van der Waals surface area (Å²) in [5.74, 6) is 0.637. The first kappa shape index (κ1) is 23.5. The highest BCUT2D eigenvalue weighted by Crippen LogP contribution is 2.29. The summed E-state index contributed by atoms with van der Waals surface area (Å²) in [4.78, 5) is 25.4. The Morgan fingerprint density at radius 3 is 2.50 bits per heavy atom. The first-order valence-electron chi connectivity index (χ1n) is 10.6. The Morgan fingerprint density at radius 2 is 1.74 bits per heavy atom. The third-order valence-corrected chi connectivity index (χ3v) is 6.61. The van der Waals surface area contributed by atoms with E-state index in [1.165, 1.54) is 11.8 Å². The van der Waals surface area contributed by atoms with Crippen molar-refractivity contribution in [1.29, 1.82) is 0 Å². The quantitative estimate of drug-likeness (QED) is 0.270. The molecule has 174 valence electrons. The number of carbonyl (C=O) groups is 2. The molecule has 0 fully saturated rings. The van der Waals surface area contributed by atoms with Gasteiger partial charge in [-0.3, -0.25) is 20.4 Å². The number of hydrazine groups is 1. The van der Waals surface area contributed by atoms with Gasteiger partial charge in [-0.25, -0.2) is 0 Å². The van der Waals surface area contributed by atoms with E-state index in [9.17, 15) is 9.59 Å². The Balaban J connectivity index is 1.25. The molecule has 10 heteroatoms. The molecule has 0 spiro atoms. The predicted octanol–water partition coefficient (Wildman–Crippen LogP) is 4.01. The number of thiophene rings is 1. The monoisotopic (exact) mass is 493 g/mol. The van der Waals surface area contributed by atoms with Crippen LogP contribution in [0.15, 0.2) is 77.3 Å². The van der Waals surface area contributed by atoms with Crippen LogP contribution in [-0.2, 0) is 16.1 Å². The van der Waals surface area contributed by atoms with Crippen molar-refractivity contribution in [1.82, 2.24) is 25.6 Å². The summed E-state index contributed by atoms with van der Waals surface area (Å²) in [5, 5.41) is 11.1. The fourth-order valence-electron chi connectivity index (χ4n) is 3.20. The fraction of sp³-hybridized carbons (Fsp3) is 0.167. The van der Waals surface area contributed by atoms with Crippen molar-refractivity contribution in [3.63, 3.8) is 0 Å². The van der Waals surface area contributed by atoms with E-state index in [0.717, 1.165) is 21.8 Å². The lowest BCUT2D eigenvalue weighted by atomic mass is 10.1. The molecule has 2 N–H and O–H groups in total. The summed E-state index contributed by atoms with van der Waals surface area (Å²) in [6, 6.07) is 21.2. The number of carbonyl (C=O) groups excluding carboxylic acids is 2. The number of rotatable bonds is 9. The van der Waals surface area contributed by atoms with Crippen molar-refractivity contribution in [3.05, 3.63) is 72.1 Å². The van der Waals surface area contributed by atoms with Crippen LogP contribution < -0.4 is 15.6 Å². The molecular weight excluding hydrogens is 470 g/mol. The SMILES string of the molecule is CCn1c(SCC(=O)NNC(=O)COc2ccccc2-c2ccccc2)nnc1-c1cccs1. The lowest BCUT2D eigenvalue weighted by Gasteiger charge is -2.12. The van der Waals surface area contributed by atoms with Gasteiger partial charge >= 0.3 is 0 Å². The number of amides is 2. The second-order valence-electron chi connectivity index (χ2n) is 7.06. The van der Waals surface area contributed by atoms with Gasteiger partial charge < -0.3 is 9.30 Å². The Bertz CT molecular complexity index is 1240. The van der Waals surface area contributed by atoms with Gasteiger partial charge in [0, 0.05) is 12.1 Å². The number of thioether (sulfide) groups is 1. The van der Waals surface area contributed by atoms with Crippen molar-refractivity contribution in [3.8, 4) is 27.6 Å². The topological polar surface area (TPSA) is 98.1 Å². The molecule has 2 aromatic carbocycles. The van der Waals surface area contributed by atoms with Gasteiger partial charge in [-0.05, 0) is 30.0 Å². The molecule has 2 heterocycles. The van der Waals surface area contributed by atoms with Gasteiger partial charge in [-0.1, -0.05) is 66.4 Å². The van der Waals surface area contributed by atoms with Crippen LogP contribution in [0.25, 0.3) is 21.8 Å².